The van der Waals surface area contributed by atoms with Crippen LogP contribution in [0, 0.1) is 16.7 Å². The molecular weight excluding hydrogens is 188 g/mol. The summed E-state index contributed by atoms with van der Waals surface area (Å²) >= 11 is 0. The van der Waals surface area contributed by atoms with Crippen LogP contribution in [0.1, 0.15) is 47.5 Å². The first kappa shape index (κ1) is 12.7. The van der Waals surface area contributed by atoms with Crippen LogP contribution in [-0.2, 0) is 4.79 Å². The van der Waals surface area contributed by atoms with Crippen LogP contribution in [0.5, 0.6) is 0 Å². The highest BCUT2D eigenvalue weighted by Crippen LogP contribution is 2.56. The van der Waals surface area contributed by atoms with Crippen molar-refractivity contribution < 1.29 is 4.79 Å². The van der Waals surface area contributed by atoms with Crippen molar-refractivity contribution in [2.75, 3.05) is 0 Å². The van der Waals surface area contributed by atoms with Crippen molar-refractivity contribution in [2.24, 2.45) is 28.2 Å². The normalized spacial score (nSPS) is 35.5. The van der Waals surface area contributed by atoms with Gasteiger partial charge in [-0.1, -0.05) is 27.7 Å². The SMILES string of the molecule is CC1CC[C@](C)(C(=O)C(C)(N)N)C1(C)C. The number of hydrogen-bond donors (Lipinski definition) is 2. The predicted molar refractivity (Wildman–Crippen MR) is 62.1 cm³/mol. The van der Waals surface area contributed by atoms with Crippen molar-refractivity contribution in [1.29, 1.82) is 0 Å². The van der Waals surface area contributed by atoms with E-state index in [1.54, 1.807) is 6.92 Å². The van der Waals surface area contributed by atoms with Gasteiger partial charge in [0.15, 0.2) is 5.78 Å². The van der Waals surface area contributed by atoms with E-state index in [9.17, 15) is 4.79 Å². The van der Waals surface area contributed by atoms with Crippen molar-refractivity contribution in [3.8, 4) is 0 Å². The van der Waals surface area contributed by atoms with Crippen LogP contribution in [0.3, 0.4) is 0 Å². The van der Waals surface area contributed by atoms with Gasteiger partial charge < -0.3 is 11.5 Å². The Labute approximate surface area is 92.6 Å². The van der Waals surface area contributed by atoms with Gasteiger partial charge in [-0.05, 0) is 31.1 Å². The third kappa shape index (κ3) is 1.72. The van der Waals surface area contributed by atoms with Gasteiger partial charge in [-0.25, -0.2) is 0 Å². The molecule has 3 nitrogen and oxygen atoms in total. The molecule has 0 aromatic heterocycles. The standard InChI is InChI=1S/C12H24N2O/c1-8-6-7-11(4,10(8,2)3)9(15)12(5,13)14/h8H,6-7,13-14H2,1-5H3/t8?,11-/m1/s1. The molecule has 3 heteroatoms. The van der Waals surface area contributed by atoms with Crippen LogP contribution in [0.2, 0.25) is 0 Å². The molecule has 4 N–H and O–H groups in total. The zero-order valence-corrected chi connectivity index (χ0v) is 10.6. The Morgan fingerprint density at radius 1 is 1.33 bits per heavy atom. The van der Waals surface area contributed by atoms with Gasteiger partial charge in [0.25, 0.3) is 0 Å². The fourth-order valence-electron chi connectivity index (χ4n) is 2.73. The van der Waals surface area contributed by atoms with E-state index in [1.807, 2.05) is 6.92 Å². The second-order valence-electron chi connectivity index (χ2n) is 6.11. The molecule has 1 saturated carbocycles. The van der Waals surface area contributed by atoms with Crippen LogP contribution in [0.4, 0.5) is 0 Å². The van der Waals surface area contributed by atoms with E-state index < -0.39 is 5.66 Å². The van der Waals surface area contributed by atoms with E-state index in [0.29, 0.717) is 5.92 Å². The third-order valence-corrected chi connectivity index (χ3v) is 4.72. The molecule has 15 heavy (non-hydrogen) atoms. The molecule has 1 fully saturated rings. The first-order valence-corrected chi connectivity index (χ1v) is 5.66. The number of ketones is 1. The van der Waals surface area contributed by atoms with Crippen molar-refractivity contribution in [3.05, 3.63) is 0 Å². The molecular formula is C12H24N2O. The molecule has 1 aliphatic carbocycles. The molecule has 1 rings (SSSR count). The van der Waals surface area contributed by atoms with E-state index >= 15 is 0 Å². The van der Waals surface area contributed by atoms with E-state index in [2.05, 4.69) is 20.8 Å². The summed E-state index contributed by atoms with van der Waals surface area (Å²) in [6.45, 7) is 10.1. The monoisotopic (exact) mass is 212 g/mol. The van der Waals surface area contributed by atoms with Gasteiger partial charge in [0.05, 0.1) is 0 Å². The number of Topliss-reactive ketones (excluding diaryl/α,β-unsaturated/α-hetero) is 1. The molecule has 0 aromatic carbocycles. The number of rotatable bonds is 2. The van der Waals surface area contributed by atoms with E-state index in [0.717, 1.165) is 12.8 Å². The summed E-state index contributed by atoms with van der Waals surface area (Å²) in [5.74, 6) is 0.526. The Balaban J connectivity index is 3.09. The van der Waals surface area contributed by atoms with Gasteiger partial charge >= 0.3 is 0 Å². The van der Waals surface area contributed by atoms with E-state index in [1.165, 1.54) is 0 Å². The maximum Gasteiger partial charge on any atom is 0.173 e. The van der Waals surface area contributed by atoms with Gasteiger partial charge in [-0.15, -0.1) is 0 Å². The van der Waals surface area contributed by atoms with Crippen LogP contribution in [0.15, 0.2) is 0 Å². The van der Waals surface area contributed by atoms with Gasteiger partial charge in [-0.2, -0.15) is 0 Å². The smallest absolute Gasteiger partial charge is 0.173 e. The summed E-state index contributed by atoms with van der Waals surface area (Å²) in [6, 6.07) is 0. The largest absolute Gasteiger partial charge is 0.307 e. The van der Waals surface area contributed by atoms with E-state index in [4.69, 9.17) is 11.5 Å². The van der Waals surface area contributed by atoms with Crippen LogP contribution >= 0.6 is 0 Å². The predicted octanol–water partition coefficient (Wildman–Crippen LogP) is 1.65. The first-order chi connectivity index (χ1) is 6.53. The molecule has 1 unspecified atom stereocenters. The summed E-state index contributed by atoms with van der Waals surface area (Å²) in [5, 5.41) is 0. The average Bonchev–Trinajstić information content (AvgIpc) is 2.27. The Kier molecular flexibility index (Phi) is 2.78. The van der Waals surface area contributed by atoms with Gasteiger partial charge in [0, 0.05) is 5.41 Å². The minimum absolute atomic E-state index is 0.00986. The molecule has 2 atom stereocenters. The molecule has 1 aliphatic rings. The summed E-state index contributed by atoms with van der Waals surface area (Å²) in [5.41, 5.74) is 9.86. The van der Waals surface area contributed by atoms with Crippen LogP contribution < -0.4 is 11.5 Å². The fourth-order valence-corrected chi connectivity index (χ4v) is 2.73. The Morgan fingerprint density at radius 3 is 2.07 bits per heavy atom. The number of carbonyl (C=O) groups is 1. The molecule has 0 aliphatic heterocycles. The lowest BCUT2D eigenvalue weighted by Crippen LogP contribution is -2.61. The summed E-state index contributed by atoms with van der Waals surface area (Å²) in [4.78, 5) is 12.3. The lowest BCUT2D eigenvalue weighted by atomic mass is 9.62. The lowest BCUT2D eigenvalue weighted by molar-refractivity contribution is -0.138. The van der Waals surface area contributed by atoms with Crippen molar-refractivity contribution in [1.82, 2.24) is 0 Å². The summed E-state index contributed by atoms with van der Waals surface area (Å²) < 4.78 is 0. The van der Waals surface area contributed by atoms with Crippen LogP contribution in [-0.4, -0.2) is 11.4 Å². The second-order valence-corrected chi connectivity index (χ2v) is 6.11. The fraction of sp³-hybridized carbons (Fsp3) is 0.917. The Bertz CT molecular complexity index is 278. The number of nitrogens with two attached hydrogens (primary N) is 2. The number of hydrogen-bond acceptors (Lipinski definition) is 3. The van der Waals surface area contributed by atoms with Crippen molar-refractivity contribution in [2.45, 2.75) is 53.1 Å². The molecule has 88 valence electrons. The number of carbonyl (C=O) groups excluding carboxylic acids is 1. The van der Waals surface area contributed by atoms with E-state index in [-0.39, 0.29) is 16.6 Å². The van der Waals surface area contributed by atoms with Gasteiger partial charge in [-0.3, -0.25) is 4.79 Å². The maximum absolute atomic E-state index is 12.3. The Hall–Kier alpha value is -0.410. The topological polar surface area (TPSA) is 69.1 Å². The minimum Gasteiger partial charge on any atom is -0.307 e. The zero-order chi connectivity index (χ0) is 12.1. The average molecular weight is 212 g/mol. The highest BCUT2D eigenvalue weighted by Gasteiger charge is 2.56. The zero-order valence-electron chi connectivity index (χ0n) is 10.6. The Morgan fingerprint density at radius 2 is 1.80 bits per heavy atom. The minimum atomic E-state index is -1.21. The molecule has 0 saturated heterocycles. The van der Waals surface area contributed by atoms with Crippen molar-refractivity contribution >= 4 is 5.78 Å². The highest BCUT2D eigenvalue weighted by molar-refractivity contribution is 5.93. The summed E-state index contributed by atoms with van der Waals surface area (Å²) in [6.07, 6.45) is 1.97. The van der Waals surface area contributed by atoms with Gasteiger partial charge in [0.2, 0.25) is 0 Å². The molecule has 0 spiro atoms. The molecule has 0 amide bonds. The first-order valence-electron chi connectivity index (χ1n) is 5.66. The summed E-state index contributed by atoms with van der Waals surface area (Å²) in [7, 11) is 0. The van der Waals surface area contributed by atoms with Crippen LogP contribution in [0.25, 0.3) is 0 Å². The molecule has 0 bridgehead atoms. The molecule has 0 aromatic rings. The highest BCUT2D eigenvalue weighted by atomic mass is 16.1. The lowest BCUT2D eigenvalue weighted by Gasteiger charge is -2.42. The quantitative estimate of drug-likeness (QED) is 0.684. The molecule has 0 heterocycles. The molecule has 0 radical (unpaired) electrons. The van der Waals surface area contributed by atoms with Gasteiger partial charge in [0.1, 0.15) is 5.66 Å². The third-order valence-electron chi connectivity index (χ3n) is 4.72. The second kappa shape index (κ2) is 3.29. The maximum atomic E-state index is 12.3. The van der Waals surface area contributed by atoms with Crippen molar-refractivity contribution in [3.63, 3.8) is 0 Å².